The van der Waals surface area contributed by atoms with Crippen LogP contribution in [0.2, 0.25) is 0 Å². The zero-order chi connectivity index (χ0) is 6.20. The predicted molar refractivity (Wildman–Crippen MR) is 33.1 cm³/mol. The van der Waals surface area contributed by atoms with Crippen molar-refractivity contribution in [2.75, 3.05) is 0 Å². The summed E-state index contributed by atoms with van der Waals surface area (Å²) in [4.78, 5) is 10.2. The molecule has 8 heavy (non-hydrogen) atoms. The van der Waals surface area contributed by atoms with Crippen molar-refractivity contribution in [3.8, 4) is 0 Å². The lowest BCUT2D eigenvalue weighted by Gasteiger charge is -2.08. The van der Waals surface area contributed by atoms with Crippen molar-refractivity contribution in [2.24, 2.45) is 0 Å². The molecule has 0 radical (unpaired) electrons. The fourth-order valence-corrected chi connectivity index (χ4v) is 1.21. The van der Waals surface area contributed by atoms with E-state index in [-0.39, 0.29) is 5.78 Å². The molecule has 0 bridgehead atoms. The van der Waals surface area contributed by atoms with Crippen molar-refractivity contribution in [1.29, 1.82) is 0 Å². The van der Waals surface area contributed by atoms with Crippen LogP contribution in [0.5, 0.6) is 0 Å². The molecule has 1 unspecified atom stereocenters. The maximum atomic E-state index is 10.8. The maximum Gasteiger partial charge on any atom is 0.153 e. The van der Waals surface area contributed by atoms with Crippen LogP contribution in [0.1, 0.15) is 26.2 Å². The first kappa shape index (κ1) is 6.09. The molecule has 0 aromatic rings. The Morgan fingerprint density at radius 2 is 2.38 bits per heavy atom. The standard InChI is InChI=1S/C6H9ClO/c1-6(7)4-2-3-5(6)8/h2-4H2,1H3. The molecule has 0 heterocycles. The van der Waals surface area contributed by atoms with Gasteiger partial charge in [-0.1, -0.05) is 0 Å². The van der Waals surface area contributed by atoms with E-state index in [2.05, 4.69) is 0 Å². The molecule has 1 aliphatic rings. The van der Waals surface area contributed by atoms with Gasteiger partial charge in [-0.25, -0.2) is 0 Å². The third kappa shape index (κ3) is 0.873. The van der Waals surface area contributed by atoms with Gasteiger partial charge in [0, 0.05) is 6.42 Å². The summed E-state index contributed by atoms with van der Waals surface area (Å²) < 4.78 is 0. The average Bonchev–Trinajstić information content (AvgIpc) is 1.86. The molecule has 46 valence electrons. The third-order valence-corrected chi connectivity index (χ3v) is 2.03. The lowest BCUT2D eigenvalue weighted by Crippen LogP contribution is -2.20. The van der Waals surface area contributed by atoms with Crippen molar-refractivity contribution in [2.45, 2.75) is 31.1 Å². The lowest BCUT2D eigenvalue weighted by atomic mass is 10.1. The second-order valence-electron chi connectivity index (χ2n) is 2.47. The van der Waals surface area contributed by atoms with E-state index in [1.165, 1.54) is 0 Å². The van der Waals surface area contributed by atoms with Crippen LogP contribution in [0.3, 0.4) is 0 Å². The van der Waals surface area contributed by atoms with Crippen molar-refractivity contribution < 1.29 is 4.79 Å². The van der Waals surface area contributed by atoms with Gasteiger partial charge in [0.05, 0.1) is 4.87 Å². The smallest absolute Gasteiger partial charge is 0.153 e. The quantitative estimate of drug-likeness (QED) is 0.459. The Bertz CT molecular complexity index is 118. The summed E-state index contributed by atoms with van der Waals surface area (Å²) in [6.45, 7) is 1.80. The van der Waals surface area contributed by atoms with Gasteiger partial charge in [0.25, 0.3) is 0 Å². The highest BCUT2D eigenvalue weighted by molar-refractivity contribution is 6.35. The normalized spacial score (nSPS) is 38.5. The zero-order valence-corrected chi connectivity index (χ0v) is 5.66. The Morgan fingerprint density at radius 1 is 1.75 bits per heavy atom. The minimum Gasteiger partial charge on any atom is -0.298 e. The number of hydrogen-bond acceptors (Lipinski definition) is 1. The van der Waals surface area contributed by atoms with Crippen molar-refractivity contribution in [3.05, 3.63) is 0 Å². The van der Waals surface area contributed by atoms with Gasteiger partial charge < -0.3 is 0 Å². The molecule has 0 N–H and O–H groups in total. The third-order valence-electron chi connectivity index (χ3n) is 1.63. The summed E-state index contributed by atoms with van der Waals surface area (Å²) in [5.41, 5.74) is 0. The Balaban J connectivity index is 2.68. The highest BCUT2D eigenvalue weighted by Crippen LogP contribution is 2.31. The van der Waals surface area contributed by atoms with Gasteiger partial charge in [0.2, 0.25) is 0 Å². The monoisotopic (exact) mass is 132 g/mol. The summed E-state index contributed by atoms with van der Waals surface area (Å²) in [6, 6.07) is 0. The predicted octanol–water partition coefficient (Wildman–Crippen LogP) is 1.74. The van der Waals surface area contributed by atoms with Crippen LogP contribution >= 0.6 is 11.6 Å². The Kier molecular flexibility index (Phi) is 1.31. The van der Waals surface area contributed by atoms with Gasteiger partial charge in [-0.15, -0.1) is 11.6 Å². The summed E-state index contributed by atoms with van der Waals surface area (Å²) in [5.74, 6) is 0.208. The van der Waals surface area contributed by atoms with E-state index in [1.54, 1.807) is 6.92 Å². The van der Waals surface area contributed by atoms with E-state index in [1.807, 2.05) is 0 Å². The number of carbonyl (C=O) groups excluding carboxylic acids is 1. The summed E-state index contributed by atoms with van der Waals surface area (Å²) in [5, 5.41) is 0. The number of ketones is 1. The van der Waals surface area contributed by atoms with Crippen molar-refractivity contribution >= 4 is 17.4 Å². The molecular weight excluding hydrogens is 124 g/mol. The molecule has 1 fully saturated rings. The van der Waals surface area contributed by atoms with Gasteiger partial charge in [0.1, 0.15) is 0 Å². The summed E-state index contributed by atoms with van der Waals surface area (Å²) >= 11 is 5.77. The van der Waals surface area contributed by atoms with E-state index in [0.29, 0.717) is 6.42 Å². The average molecular weight is 133 g/mol. The number of halogens is 1. The van der Waals surface area contributed by atoms with Gasteiger partial charge in [-0.3, -0.25) is 4.79 Å². The molecule has 1 aliphatic carbocycles. The highest BCUT2D eigenvalue weighted by Gasteiger charge is 2.34. The van der Waals surface area contributed by atoms with E-state index >= 15 is 0 Å². The Morgan fingerprint density at radius 3 is 2.50 bits per heavy atom. The largest absolute Gasteiger partial charge is 0.298 e. The highest BCUT2D eigenvalue weighted by atomic mass is 35.5. The number of Topliss-reactive ketones (excluding diaryl/α,β-unsaturated/α-hetero) is 1. The van der Waals surface area contributed by atoms with Crippen LogP contribution in [0.4, 0.5) is 0 Å². The number of alkyl halides is 1. The van der Waals surface area contributed by atoms with Gasteiger partial charge in [-0.05, 0) is 19.8 Å². The molecule has 2 heteroatoms. The maximum absolute atomic E-state index is 10.8. The second kappa shape index (κ2) is 1.73. The number of carbonyl (C=O) groups is 1. The topological polar surface area (TPSA) is 17.1 Å². The minimum atomic E-state index is -0.514. The number of hydrogen-bond donors (Lipinski definition) is 0. The number of rotatable bonds is 0. The van der Waals surface area contributed by atoms with Crippen molar-refractivity contribution in [1.82, 2.24) is 0 Å². The molecule has 0 saturated heterocycles. The molecule has 0 amide bonds. The van der Waals surface area contributed by atoms with Gasteiger partial charge in [-0.2, -0.15) is 0 Å². The van der Waals surface area contributed by atoms with E-state index < -0.39 is 4.87 Å². The van der Waals surface area contributed by atoms with Crippen LogP contribution in [0, 0.1) is 0 Å². The molecule has 0 aromatic carbocycles. The molecule has 0 aliphatic heterocycles. The minimum absolute atomic E-state index is 0.208. The zero-order valence-electron chi connectivity index (χ0n) is 4.91. The molecule has 1 nitrogen and oxygen atoms in total. The summed E-state index contributed by atoms with van der Waals surface area (Å²) in [7, 11) is 0. The molecular formula is C6H9ClO. The summed E-state index contributed by atoms with van der Waals surface area (Å²) in [6.07, 6.45) is 2.51. The molecule has 0 spiro atoms. The fourth-order valence-electron chi connectivity index (χ4n) is 0.981. The SMILES string of the molecule is CC1(Cl)CCCC1=O. The molecule has 0 aromatic heterocycles. The van der Waals surface area contributed by atoms with Gasteiger partial charge in [0.15, 0.2) is 5.78 Å². The van der Waals surface area contributed by atoms with Crippen LogP contribution in [-0.4, -0.2) is 10.7 Å². The first-order valence-electron chi connectivity index (χ1n) is 2.85. The van der Waals surface area contributed by atoms with Crippen LogP contribution in [-0.2, 0) is 4.79 Å². The fraction of sp³-hybridized carbons (Fsp3) is 0.833. The van der Waals surface area contributed by atoms with Crippen LogP contribution in [0.25, 0.3) is 0 Å². The Hall–Kier alpha value is -0.0400. The Labute approximate surface area is 54.0 Å². The first-order chi connectivity index (χ1) is 3.63. The van der Waals surface area contributed by atoms with Crippen LogP contribution in [0.15, 0.2) is 0 Å². The first-order valence-corrected chi connectivity index (χ1v) is 3.23. The van der Waals surface area contributed by atoms with Gasteiger partial charge >= 0.3 is 0 Å². The second-order valence-corrected chi connectivity index (χ2v) is 3.31. The lowest BCUT2D eigenvalue weighted by molar-refractivity contribution is -0.119. The van der Waals surface area contributed by atoms with E-state index in [9.17, 15) is 4.79 Å². The van der Waals surface area contributed by atoms with E-state index in [0.717, 1.165) is 12.8 Å². The van der Waals surface area contributed by atoms with E-state index in [4.69, 9.17) is 11.6 Å². The van der Waals surface area contributed by atoms with Crippen LogP contribution < -0.4 is 0 Å². The molecule has 1 atom stereocenters. The van der Waals surface area contributed by atoms with Crippen molar-refractivity contribution in [3.63, 3.8) is 0 Å². The molecule has 1 rings (SSSR count). The molecule has 1 saturated carbocycles.